The van der Waals surface area contributed by atoms with E-state index < -0.39 is 5.41 Å². The van der Waals surface area contributed by atoms with E-state index >= 15 is 0 Å². The number of hydrogen-bond acceptors (Lipinski definition) is 6. The summed E-state index contributed by atoms with van der Waals surface area (Å²) in [6.07, 6.45) is 11.4. The second-order valence-corrected chi connectivity index (χ2v) is 8.90. The Kier molecular flexibility index (Phi) is 14.8. The van der Waals surface area contributed by atoms with Crippen molar-refractivity contribution in [2.24, 2.45) is 15.4 Å². The Hall–Kier alpha value is -3.30. The van der Waals surface area contributed by atoms with Gasteiger partial charge in [0, 0.05) is 18.0 Å². The molecular weight excluding hydrogens is 493 g/mol. The minimum atomic E-state index is -0.652. The monoisotopic (exact) mass is 529 g/mol. The lowest BCUT2D eigenvalue weighted by Gasteiger charge is -2.19. The molecule has 1 aliphatic rings. The molecule has 1 unspecified atom stereocenters. The zero-order valence-electron chi connectivity index (χ0n) is 21.8. The quantitative estimate of drug-likeness (QED) is 0.158. The molecule has 7 nitrogen and oxygen atoms in total. The number of thiol groups is 1. The van der Waals surface area contributed by atoms with Gasteiger partial charge in [0.05, 0.1) is 30.1 Å². The molecule has 0 radical (unpaired) electrons. The molecule has 0 saturated carbocycles. The molecule has 1 heterocycles. The van der Waals surface area contributed by atoms with Crippen molar-refractivity contribution in [2.75, 3.05) is 19.9 Å². The standard InChI is InChI=1S/C25H31N3O4S.C3H5F/c1-5-12-32-21-9-7-8-19(13-21)23(29)28-20-10-11-22(27-15-20)18(6-2)14-26-17-31-16-25(3,4)24(30)33;1-2-3-4/h5-10,13-15,22H,1,11-12,16-17H2,2-4H3,(H,28,29)(H,30,33);2-3H,1H3/b18-6+,26-14-;3-2+. The molecule has 2 rings (SSSR count). The van der Waals surface area contributed by atoms with Crippen molar-refractivity contribution in [3.05, 3.63) is 78.3 Å². The van der Waals surface area contributed by atoms with E-state index in [9.17, 15) is 14.0 Å². The molecule has 37 heavy (non-hydrogen) atoms. The van der Waals surface area contributed by atoms with Gasteiger partial charge >= 0.3 is 0 Å². The Labute approximate surface area is 224 Å². The van der Waals surface area contributed by atoms with Crippen molar-refractivity contribution >= 4 is 36.1 Å². The maximum absolute atomic E-state index is 12.6. The summed E-state index contributed by atoms with van der Waals surface area (Å²) in [6, 6.07) is 6.88. The van der Waals surface area contributed by atoms with Gasteiger partial charge in [-0.25, -0.2) is 4.39 Å². The molecule has 1 aromatic rings. The van der Waals surface area contributed by atoms with Crippen LogP contribution in [0.1, 0.15) is 44.5 Å². The molecule has 0 aliphatic carbocycles. The number of aliphatic imine (C=N–C) groups is 2. The number of hydrogen-bond donors (Lipinski definition) is 2. The number of allylic oxidation sites excluding steroid dienone is 3. The molecule has 0 saturated heterocycles. The third kappa shape index (κ3) is 12.0. The van der Waals surface area contributed by atoms with Crippen molar-refractivity contribution < 1.29 is 23.5 Å². The molecule has 1 amide bonds. The maximum Gasteiger partial charge on any atom is 0.255 e. The van der Waals surface area contributed by atoms with Crippen LogP contribution in [0.25, 0.3) is 0 Å². The fourth-order valence-electron chi connectivity index (χ4n) is 2.82. The third-order valence-electron chi connectivity index (χ3n) is 4.97. The predicted molar refractivity (Wildman–Crippen MR) is 151 cm³/mol. The number of nitrogens with one attached hydrogen (secondary N) is 1. The molecule has 0 aromatic heterocycles. The van der Waals surface area contributed by atoms with Crippen molar-refractivity contribution in [1.29, 1.82) is 0 Å². The number of carbonyl (C=O) groups is 2. The van der Waals surface area contributed by atoms with Gasteiger partial charge in [0.25, 0.3) is 5.91 Å². The molecule has 1 atom stereocenters. The number of halogens is 1. The Morgan fingerprint density at radius 3 is 2.65 bits per heavy atom. The maximum atomic E-state index is 12.6. The molecule has 0 bridgehead atoms. The van der Waals surface area contributed by atoms with Crippen LogP contribution in [0.15, 0.2) is 82.7 Å². The Bertz CT molecular complexity index is 1060. The lowest BCUT2D eigenvalue weighted by atomic mass is 9.97. The van der Waals surface area contributed by atoms with Gasteiger partial charge in [0.15, 0.2) is 5.12 Å². The summed E-state index contributed by atoms with van der Waals surface area (Å²) in [7, 11) is 0. The van der Waals surface area contributed by atoms with Crippen LogP contribution in [0, 0.1) is 5.41 Å². The van der Waals surface area contributed by atoms with Gasteiger partial charge in [-0.2, -0.15) is 0 Å². The number of dihydropyridines is 1. The molecule has 0 spiro atoms. The molecule has 9 heteroatoms. The van der Waals surface area contributed by atoms with E-state index in [2.05, 4.69) is 34.5 Å². The van der Waals surface area contributed by atoms with Crippen molar-refractivity contribution in [3.63, 3.8) is 0 Å². The lowest BCUT2D eigenvalue weighted by Crippen LogP contribution is -2.26. The molecular formula is C28H36FN3O4S. The third-order valence-corrected chi connectivity index (χ3v) is 5.57. The summed E-state index contributed by atoms with van der Waals surface area (Å²) in [6.45, 7) is 11.5. The van der Waals surface area contributed by atoms with E-state index in [1.54, 1.807) is 63.5 Å². The second-order valence-electron chi connectivity index (χ2n) is 8.50. The van der Waals surface area contributed by atoms with Crippen LogP contribution in [0.5, 0.6) is 5.75 Å². The van der Waals surface area contributed by atoms with E-state index in [1.165, 1.54) is 6.08 Å². The highest BCUT2D eigenvalue weighted by Crippen LogP contribution is 2.19. The first-order chi connectivity index (χ1) is 17.7. The number of carbonyl (C=O) groups excluding carboxylic acids is 2. The Morgan fingerprint density at radius 2 is 2.08 bits per heavy atom. The number of amides is 1. The number of benzene rings is 1. The smallest absolute Gasteiger partial charge is 0.255 e. The minimum absolute atomic E-state index is 0.0921. The lowest BCUT2D eigenvalue weighted by molar-refractivity contribution is -0.120. The summed E-state index contributed by atoms with van der Waals surface area (Å²) < 4.78 is 21.5. The molecule has 1 N–H and O–H groups in total. The minimum Gasteiger partial charge on any atom is -0.490 e. The van der Waals surface area contributed by atoms with Crippen molar-refractivity contribution in [2.45, 2.75) is 40.2 Å². The summed E-state index contributed by atoms with van der Waals surface area (Å²) in [5.41, 5.74) is 1.43. The van der Waals surface area contributed by atoms with E-state index in [0.29, 0.717) is 36.4 Å². The highest BCUT2D eigenvalue weighted by atomic mass is 32.1. The summed E-state index contributed by atoms with van der Waals surface area (Å²) >= 11 is 3.86. The highest BCUT2D eigenvalue weighted by molar-refractivity contribution is 7.96. The van der Waals surface area contributed by atoms with Crippen LogP contribution in [0.2, 0.25) is 0 Å². The van der Waals surface area contributed by atoms with Gasteiger partial charge in [0.1, 0.15) is 19.1 Å². The van der Waals surface area contributed by atoms with Crippen molar-refractivity contribution in [3.8, 4) is 5.75 Å². The van der Waals surface area contributed by atoms with Gasteiger partial charge in [-0.05, 0) is 57.9 Å². The van der Waals surface area contributed by atoms with Gasteiger partial charge in [-0.15, -0.1) is 12.6 Å². The van der Waals surface area contributed by atoms with Crippen LogP contribution in [0.3, 0.4) is 0 Å². The van der Waals surface area contributed by atoms with Crippen LogP contribution >= 0.6 is 12.6 Å². The highest BCUT2D eigenvalue weighted by Gasteiger charge is 2.24. The second kappa shape index (κ2) is 17.2. The van der Waals surface area contributed by atoms with Crippen molar-refractivity contribution in [1.82, 2.24) is 5.32 Å². The van der Waals surface area contributed by atoms with E-state index in [0.717, 1.165) is 5.57 Å². The number of nitrogens with zero attached hydrogens (tertiary/aromatic N) is 2. The summed E-state index contributed by atoms with van der Waals surface area (Å²) in [4.78, 5) is 32.8. The number of ether oxygens (including phenoxy) is 2. The molecule has 200 valence electrons. The first kappa shape index (κ1) is 31.7. The Balaban J connectivity index is 0.00000159. The van der Waals surface area contributed by atoms with Crippen LogP contribution < -0.4 is 10.1 Å². The average molecular weight is 530 g/mol. The van der Waals surface area contributed by atoms with Crippen LogP contribution in [-0.2, 0) is 9.53 Å². The van der Waals surface area contributed by atoms with Crippen LogP contribution in [0.4, 0.5) is 4.39 Å². The average Bonchev–Trinajstić information content (AvgIpc) is 2.90. The first-order valence-corrected chi connectivity index (χ1v) is 12.2. The van der Waals surface area contributed by atoms with E-state index in [4.69, 9.17) is 9.47 Å². The fourth-order valence-corrected chi connectivity index (χ4v) is 2.89. The van der Waals surface area contributed by atoms with Gasteiger partial charge in [0.2, 0.25) is 0 Å². The molecule has 1 aromatic carbocycles. The molecule has 1 aliphatic heterocycles. The summed E-state index contributed by atoms with van der Waals surface area (Å²) in [5, 5.41) is 2.65. The SMILES string of the molecule is C/C=C/F.C=CCOc1cccc(C(=O)NC2=CCC(C(/C=N\COCC(C)(C)C(=O)S)=C/C)N=C2)c1. The van der Waals surface area contributed by atoms with E-state index in [1.807, 2.05) is 19.1 Å². The largest absolute Gasteiger partial charge is 0.490 e. The Morgan fingerprint density at radius 1 is 1.35 bits per heavy atom. The normalized spacial score (nSPS) is 15.7. The fraction of sp³-hybridized carbons (Fsp3) is 0.357. The zero-order chi connectivity index (χ0) is 27.7. The number of rotatable bonds is 12. The van der Waals surface area contributed by atoms with Crippen LogP contribution in [-0.4, -0.2) is 49.4 Å². The molecule has 0 fully saturated rings. The zero-order valence-corrected chi connectivity index (χ0v) is 22.7. The summed E-state index contributed by atoms with van der Waals surface area (Å²) in [5.74, 6) is 0.374. The van der Waals surface area contributed by atoms with Gasteiger partial charge < -0.3 is 14.8 Å². The van der Waals surface area contributed by atoms with Gasteiger partial charge in [-0.3, -0.25) is 19.6 Å². The van der Waals surface area contributed by atoms with Gasteiger partial charge in [-0.1, -0.05) is 36.9 Å². The first-order valence-electron chi connectivity index (χ1n) is 11.8. The predicted octanol–water partition coefficient (Wildman–Crippen LogP) is 5.67. The topological polar surface area (TPSA) is 89.4 Å². The van der Waals surface area contributed by atoms with E-state index in [-0.39, 0.29) is 30.4 Å².